The lowest BCUT2D eigenvalue weighted by Crippen LogP contribution is -2.10. The maximum absolute atomic E-state index is 12.4. The molecule has 2 aromatic carbocycles. The monoisotopic (exact) mass is 476 g/mol. The number of aryl methyl sites for hydroxylation is 1. The molecule has 0 radical (unpaired) electrons. The lowest BCUT2D eigenvalue weighted by Gasteiger charge is -2.09. The minimum absolute atomic E-state index is 0.0480. The van der Waals surface area contributed by atoms with Gasteiger partial charge in [0.2, 0.25) is 5.95 Å². The zero-order valence-corrected chi connectivity index (χ0v) is 19.4. The zero-order valence-electron chi connectivity index (χ0n) is 17.7. The number of nitriles is 1. The second-order valence-corrected chi connectivity index (χ2v) is 9.69. The van der Waals surface area contributed by atoms with Gasteiger partial charge in [0.25, 0.3) is 10.1 Å². The molecule has 33 heavy (non-hydrogen) atoms. The number of hydrogen-bond acceptors (Lipinski definition) is 8. The van der Waals surface area contributed by atoms with Gasteiger partial charge in [-0.1, -0.05) is 36.4 Å². The molecule has 0 saturated heterocycles. The minimum atomic E-state index is -3.79. The summed E-state index contributed by atoms with van der Waals surface area (Å²) < 4.78 is 30.0. The van der Waals surface area contributed by atoms with Crippen LogP contribution in [0.4, 0.5) is 11.6 Å². The molecule has 0 amide bonds. The van der Waals surface area contributed by atoms with Crippen molar-refractivity contribution in [3.63, 3.8) is 0 Å². The summed E-state index contributed by atoms with van der Waals surface area (Å²) in [5.74, 6) is 0.387. The Morgan fingerprint density at radius 3 is 2.58 bits per heavy atom. The van der Waals surface area contributed by atoms with Crippen LogP contribution in [0.1, 0.15) is 16.7 Å². The average Bonchev–Trinajstić information content (AvgIpc) is 3.35. The van der Waals surface area contributed by atoms with E-state index in [1.807, 2.05) is 41.8 Å². The SMILES string of the molecule is Cc1ccccc1S(=O)(=O)OCCc1ccc(Nc2ncc(C#N)c(-c3cccs3)n2)cc1. The fraction of sp³-hybridized carbons (Fsp3) is 0.125. The normalized spacial score (nSPS) is 11.2. The summed E-state index contributed by atoms with van der Waals surface area (Å²) in [6.07, 6.45) is 1.95. The predicted octanol–water partition coefficient (Wildman–Crippen LogP) is 5.08. The zero-order chi connectivity index (χ0) is 23.3. The Kier molecular flexibility index (Phi) is 6.79. The molecule has 0 saturated carbocycles. The maximum Gasteiger partial charge on any atom is 0.297 e. The van der Waals surface area contributed by atoms with Gasteiger partial charge in [0.1, 0.15) is 11.8 Å². The molecule has 4 rings (SSSR count). The number of anilines is 2. The molecule has 9 heteroatoms. The molecule has 0 aliphatic carbocycles. The van der Waals surface area contributed by atoms with E-state index in [0.29, 0.717) is 29.2 Å². The first-order valence-corrected chi connectivity index (χ1v) is 12.4. The smallest absolute Gasteiger partial charge is 0.297 e. The van der Waals surface area contributed by atoms with E-state index in [1.165, 1.54) is 17.5 Å². The average molecular weight is 477 g/mol. The molecular formula is C24H20N4O3S2. The highest BCUT2D eigenvalue weighted by Crippen LogP contribution is 2.27. The number of thiophene rings is 1. The Hall–Kier alpha value is -3.58. The number of nitrogens with one attached hydrogen (secondary N) is 1. The van der Waals surface area contributed by atoms with E-state index >= 15 is 0 Å². The summed E-state index contributed by atoms with van der Waals surface area (Å²) in [6, 6.07) is 20.2. The number of nitrogens with zero attached hydrogens (tertiary/aromatic N) is 3. The van der Waals surface area contributed by atoms with Crippen LogP contribution in [0.2, 0.25) is 0 Å². The van der Waals surface area contributed by atoms with Crippen molar-refractivity contribution in [1.82, 2.24) is 9.97 Å². The molecular weight excluding hydrogens is 456 g/mol. The molecule has 7 nitrogen and oxygen atoms in total. The predicted molar refractivity (Wildman–Crippen MR) is 128 cm³/mol. The maximum atomic E-state index is 12.4. The fourth-order valence-corrected chi connectivity index (χ4v) is 5.04. The van der Waals surface area contributed by atoms with E-state index in [4.69, 9.17) is 4.18 Å². The van der Waals surface area contributed by atoms with Crippen LogP contribution in [-0.2, 0) is 20.7 Å². The van der Waals surface area contributed by atoms with Gasteiger partial charge in [-0.25, -0.2) is 9.97 Å². The van der Waals surface area contributed by atoms with Gasteiger partial charge in [0, 0.05) is 5.69 Å². The molecule has 0 aliphatic rings. The Morgan fingerprint density at radius 1 is 1.09 bits per heavy atom. The molecule has 4 aromatic rings. The van der Waals surface area contributed by atoms with Gasteiger partial charge < -0.3 is 5.32 Å². The number of hydrogen-bond donors (Lipinski definition) is 1. The highest BCUT2D eigenvalue weighted by Gasteiger charge is 2.17. The number of benzene rings is 2. The molecule has 0 spiro atoms. The van der Waals surface area contributed by atoms with Crippen molar-refractivity contribution in [3.8, 4) is 16.6 Å². The summed E-state index contributed by atoms with van der Waals surface area (Å²) in [6.45, 7) is 1.79. The van der Waals surface area contributed by atoms with Gasteiger partial charge >= 0.3 is 0 Å². The molecule has 166 valence electrons. The van der Waals surface area contributed by atoms with E-state index in [1.54, 1.807) is 31.2 Å². The quantitative estimate of drug-likeness (QED) is 0.354. The molecule has 0 unspecified atom stereocenters. The van der Waals surface area contributed by atoms with Crippen molar-refractivity contribution in [2.45, 2.75) is 18.2 Å². The fourth-order valence-electron chi connectivity index (χ4n) is 3.18. The Balaban J connectivity index is 1.39. The van der Waals surface area contributed by atoms with E-state index in [9.17, 15) is 13.7 Å². The minimum Gasteiger partial charge on any atom is -0.324 e. The van der Waals surface area contributed by atoms with Crippen LogP contribution in [0.5, 0.6) is 0 Å². The lowest BCUT2D eigenvalue weighted by molar-refractivity contribution is 0.322. The third-order valence-corrected chi connectivity index (χ3v) is 7.22. The van der Waals surface area contributed by atoms with Crippen molar-refractivity contribution >= 4 is 33.1 Å². The summed E-state index contributed by atoms with van der Waals surface area (Å²) >= 11 is 1.51. The van der Waals surface area contributed by atoms with Crippen LogP contribution in [0.15, 0.2) is 77.1 Å². The van der Waals surface area contributed by atoms with Crippen LogP contribution in [0, 0.1) is 18.3 Å². The van der Waals surface area contributed by atoms with Crippen LogP contribution in [0.3, 0.4) is 0 Å². The molecule has 0 fully saturated rings. The molecule has 0 bridgehead atoms. The van der Waals surface area contributed by atoms with Gasteiger partial charge in [-0.3, -0.25) is 4.18 Å². The van der Waals surface area contributed by atoms with E-state index in [2.05, 4.69) is 21.4 Å². The Bertz CT molecular complexity index is 1390. The standard InChI is InChI=1S/C24H20N4O3S2/c1-17-5-2-3-7-22(17)33(29,30)31-13-12-18-8-10-20(11-9-18)27-24-26-16-19(15-25)23(28-24)21-6-4-14-32-21/h2-11,14,16H,12-13H2,1H3,(H,26,27,28). The summed E-state index contributed by atoms with van der Waals surface area (Å²) in [7, 11) is -3.79. The first kappa shape index (κ1) is 22.6. The molecule has 2 heterocycles. The van der Waals surface area contributed by atoms with Gasteiger partial charge in [-0.05, 0) is 54.1 Å². The molecule has 1 N–H and O–H groups in total. The first-order valence-electron chi connectivity index (χ1n) is 10.1. The van der Waals surface area contributed by atoms with E-state index in [0.717, 1.165) is 16.1 Å². The van der Waals surface area contributed by atoms with Gasteiger partial charge in [-0.15, -0.1) is 11.3 Å². The Labute approximate surface area is 196 Å². The summed E-state index contributed by atoms with van der Waals surface area (Å²) in [4.78, 5) is 9.80. The highest BCUT2D eigenvalue weighted by molar-refractivity contribution is 7.86. The van der Waals surface area contributed by atoms with Crippen LogP contribution < -0.4 is 5.32 Å². The third-order valence-electron chi connectivity index (χ3n) is 4.87. The van der Waals surface area contributed by atoms with Crippen molar-refractivity contribution in [2.24, 2.45) is 0 Å². The lowest BCUT2D eigenvalue weighted by atomic mass is 10.1. The Morgan fingerprint density at radius 2 is 1.88 bits per heavy atom. The van der Waals surface area contributed by atoms with Crippen molar-refractivity contribution in [2.75, 3.05) is 11.9 Å². The van der Waals surface area contributed by atoms with Crippen LogP contribution >= 0.6 is 11.3 Å². The van der Waals surface area contributed by atoms with E-state index < -0.39 is 10.1 Å². The highest BCUT2D eigenvalue weighted by atomic mass is 32.2. The van der Waals surface area contributed by atoms with Crippen molar-refractivity contribution in [1.29, 1.82) is 5.26 Å². The van der Waals surface area contributed by atoms with Crippen molar-refractivity contribution in [3.05, 3.63) is 88.9 Å². The topological polar surface area (TPSA) is 105 Å². The van der Waals surface area contributed by atoms with E-state index in [-0.39, 0.29) is 11.5 Å². The molecule has 0 aliphatic heterocycles. The first-order chi connectivity index (χ1) is 16.0. The van der Waals surface area contributed by atoms with Gasteiger partial charge in [0.15, 0.2) is 0 Å². The summed E-state index contributed by atoms with van der Waals surface area (Å²) in [5, 5.41) is 14.4. The largest absolute Gasteiger partial charge is 0.324 e. The van der Waals surface area contributed by atoms with Gasteiger partial charge in [0.05, 0.1) is 28.1 Å². The summed E-state index contributed by atoms with van der Waals surface area (Å²) in [5.41, 5.74) is 3.36. The molecule has 0 atom stereocenters. The molecule has 2 aromatic heterocycles. The van der Waals surface area contributed by atoms with Gasteiger partial charge in [-0.2, -0.15) is 13.7 Å². The second kappa shape index (κ2) is 9.92. The third kappa shape index (κ3) is 5.43. The second-order valence-electron chi connectivity index (χ2n) is 7.16. The van der Waals surface area contributed by atoms with Crippen molar-refractivity contribution < 1.29 is 12.6 Å². The number of aromatic nitrogens is 2. The van der Waals surface area contributed by atoms with Crippen LogP contribution in [-0.4, -0.2) is 25.0 Å². The number of rotatable bonds is 8. The van der Waals surface area contributed by atoms with Crippen LogP contribution in [0.25, 0.3) is 10.6 Å².